The topological polar surface area (TPSA) is 127 Å². The van der Waals surface area contributed by atoms with Gasteiger partial charge in [-0.3, -0.25) is 20.3 Å². The summed E-state index contributed by atoms with van der Waals surface area (Å²) >= 11 is 0. The van der Waals surface area contributed by atoms with E-state index in [1.54, 1.807) is 13.0 Å². The van der Waals surface area contributed by atoms with Gasteiger partial charge in [-0.15, -0.1) is 0 Å². The summed E-state index contributed by atoms with van der Waals surface area (Å²) in [6, 6.07) is 8.20. The number of para-hydroxylation sites is 1. The SMILES string of the molecule is CCn1cc(C(=O)O)c(=O)c2cc(F)c(N/N=C\c3ccccc3[N+](=O)[O-])cc21. The Hall–Kier alpha value is -4.08. The van der Waals surface area contributed by atoms with Gasteiger partial charge in [0.1, 0.15) is 11.4 Å². The number of carboxylic acids is 1. The van der Waals surface area contributed by atoms with Crippen molar-refractivity contribution in [2.24, 2.45) is 5.10 Å². The van der Waals surface area contributed by atoms with Crippen LogP contribution in [0.5, 0.6) is 0 Å². The third-order valence-electron chi connectivity index (χ3n) is 4.26. The number of hydrazone groups is 1. The number of benzene rings is 2. The van der Waals surface area contributed by atoms with Crippen LogP contribution in [0.25, 0.3) is 10.9 Å². The fraction of sp³-hybridized carbons (Fsp3) is 0.105. The molecule has 10 heteroatoms. The van der Waals surface area contributed by atoms with Gasteiger partial charge in [0.25, 0.3) is 5.69 Å². The Morgan fingerprint density at radius 2 is 2.10 bits per heavy atom. The first-order valence-electron chi connectivity index (χ1n) is 8.46. The Morgan fingerprint density at radius 3 is 2.76 bits per heavy atom. The number of nitro benzene ring substituents is 1. The van der Waals surface area contributed by atoms with Crippen molar-refractivity contribution in [1.82, 2.24) is 4.57 Å². The molecule has 9 nitrogen and oxygen atoms in total. The van der Waals surface area contributed by atoms with E-state index in [-0.39, 0.29) is 22.3 Å². The summed E-state index contributed by atoms with van der Waals surface area (Å²) in [6.07, 6.45) is 2.38. The summed E-state index contributed by atoms with van der Waals surface area (Å²) in [5.74, 6) is -2.21. The van der Waals surface area contributed by atoms with E-state index in [0.29, 0.717) is 12.1 Å². The molecule has 0 atom stereocenters. The number of aromatic nitrogens is 1. The predicted molar refractivity (Wildman–Crippen MR) is 105 cm³/mol. The second kappa shape index (κ2) is 7.89. The number of carboxylic acid groups (broad SMARTS) is 1. The summed E-state index contributed by atoms with van der Waals surface area (Å²) in [7, 11) is 0. The van der Waals surface area contributed by atoms with Crippen molar-refractivity contribution in [2.45, 2.75) is 13.5 Å². The van der Waals surface area contributed by atoms with Gasteiger partial charge < -0.3 is 9.67 Å². The van der Waals surface area contributed by atoms with Crippen molar-refractivity contribution in [3.8, 4) is 0 Å². The van der Waals surface area contributed by atoms with Crippen molar-refractivity contribution in [2.75, 3.05) is 5.43 Å². The Kier molecular flexibility index (Phi) is 5.35. The zero-order chi connectivity index (χ0) is 21.1. The fourth-order valence-corrected chi connectivity index (χ4v) is 2.84. The van der Waals surface area contributed by atoms with Gasteiger partial charge in [0.2, 0.25) is 5.43 Å². The molecular weight excluding hydrogens is 383 g/mol. The van der Waals surface area contributed by atoms with Crippen molar-refractivity contribution < 1.29 is 19.2 Å². The fourth-order valence-electron chi connectivity index (χ4n) is 2.84. The van der Waals surface area contributed by atoms with Gasteiger partial charge in [0.15, 0.2) is 0 Å². The minimum atomic E-state index is -1.39. The van der Waals surface area contributed by atoms with Crippen LogP contribution in [0, 0.1) is 15.9 Å². The highest BCUT2D eigenvalue weighted by atomic mass is 19.1. The Bertz CT molecular complexity index is 1220. The molecule has 148 valence electrons. The van der Waals surface area contributed by atoms with Gasteiger partial charge in [-0.05, 0) is 25.1 Å². The van der Waals surface area contributed by atoms with Crippen LogP contribution in [0.15, 0.2) is 52.5 Å². The van der Waals surface area contributed by atoms with Gasteiger partial charge in [0, 0.05) is 24.2 Å². The molecule has 0 saturated carbocycles. The lowest BCUT2D eigenvalue weighted by atomic mass is 10.1. The number of fused-ring (bicyclic) bond motifs is 1. The van der Waals surface area contributed by atoms with E-state index in [1.807, 2.05) is 0 Å². The van der Waals surface area contributed by atoms with Crippen molar-refractivity contribution >= 4 is 34.5 Å². The lowest BCUT2D eigenvalue weighted by Gasteiger charge is -2.12. The van der Waals surface area contributed by atoms with Crippen LogP contribution < -0.4 is 10.9 Å². The molecule has 0 spiro atoms. The van der Waals surface area contributed by atoms with E-state index in [0.717, 1.165) is 6.07 Å². The molecule has 3 aromatic rings. The van der Waals surface area contributed by atoms with Crippen LogP contribution in [0.3, 0.4) is 0 Å². The summed E-state index contributed by atoms with van der Waals surface area (Å²) in [5, 5.41) is 24.0. The minimum Gasteiger partial charge on any atom is -0.477 e. The number of hydrogen-bond acceptors (Lipinski definition) is 6. The number of nitrogens with one attached hydrogen (secondary N) is 1. The van der Waals surface area contributed by atoms with E-state index in [4.69, 9.17) is 5.11 Å². The van der Waals surface area contributed by atoms with Gasteiger partial charge >= 0.3 is 5.97 Å². The molecule has 0 bridgehead atoms. The molecule has 29 heavy (non-hydrogen) atoms. The molecule has 0 aliphatic rings. The lowest BCUT2D eigenvalue weighted by molar-refractivity contribution is -0.385. The molecule has 0 radical (unpaired) electrons. The Morgan fingerprint density at radius 1 is 1.38 bits per heavy atom. The van der Waals surface area contributed by atoms with Crippen molar-refractivity contribution in [3.63, 3.8) is 0 Å². The third kappa shape index (κ3) is 3.81. The first-order chi connectivity index (χ1) is 13.8. The number of rotatable bonds is 6. The van der Waals surface area contributed by atoms with Crippen molar-refractivity contribution in [1.29, 1.82) is 0 Å². The summed E-state index contributed by atoms with van der Waals surface area (Å²) < 4.78 is 16.0. The van der Waals surface area contributed by atoms with Crippen LogP contribution in [0.1, 0.15) is 22.8 Å². The molecular formula is C19H15FN4O5. The van der Waals surface area contributed by atoms with Crippen LogP contribution in [-0.4, -0.2) is 26.8 Å². The van der Waals surface area contributed by atoms with E-state index in [2.05, 4.69) is 10.5 Å². The molecule has 3 rings (SSSR count). The number of carbonyl (C=O) groups is 1. The first kappa shape index (κ1) is 19.7. The molecule has 0 unspecified atom stereocenters. The van der Waals surface area contributed by atoms with Crippen LogP contribution in [0.2, 0.25) is 0 Å². The molecule has 0 aliphatic heterocycles. The Balaban J connectivity index is 2.02. The number of halogens is 1. The second-order valence-electron chi connectivity index (χ2n) is 6.00. The highest BCUT2D eigenvalue weighted by Crippen LogP contribution is 2.22. The smallest absolute Gasteiger partial charge is 0.341 e. The number of aromatic carboxylic acids is 1. The molecule has 1 heterocycles. The predicted octanol–water partition coefficient (Wildman–Crippen LogP) is 3.21. The first-order valence-corrected chi connectivity index (χ1v) is 8.46. The minimum absolute atomic E-state index is 0.0718. The van der Waals surface area contributed by atoms with E-state index < -0.39 is 27.7 Å². The molecule has 0 aliphatic carbocycles. The maximum atomic E-state index is 14.5. The number of pyridine rings is 1. The quantitative estimate of drug-likeness (QED) is 0.373. The third-order valence-corrected chi connectivity index (χ3v) is 4.26. The van der Waals surface area contributed by atoms with Gasteiger partial charge in [-0.25, -0.2) is 9.18 Å². The highest BCUT2D eigenvalue weighted by molar-refractivity contribution is 5.93. The molecule has 1 aromatic heterocycles. The summed E-state index contributed by atoms with van der Waals surface area (Å²) in [6.45, 7) is 2.10. The number of anilines is 1. The zero-order valence-electron chi connectivity index (χ0n) is 15.1. The maximum absolute atomic E-state index is 14.5. The monoisotopic (exact) mass is 398 g/mol. The van der Waals surface area contributed by atoms with Crippen LogP contribution in [-0.2, 0) is 6.54 Å². The number of nitrogens with zero attached hydrogens (tertiary/aromatic N) is 3. The molecule has 2 N–H and O–H groups in total. The van der Waals surface area contributed by atoms with Gasteiger partial charge in [0.05, 0.1) is 27.9 Å². The summed E-state index contributed by atoms with van der Waals surface area (Å²) in [4.78, 5) is 34.0. The molecule has 0 amide bonds. The highest BCUT2D eigenvalue weighted by Gasteiger charge is 2.16. The van der Waals surface area contributed by atoms with E-state index >= 15 is 0 Å². The van der Waals surface area contributed by atoms with E-state index in [9.17, 15) is 24.1 Å². The molecule has 0 fully saturated rings. The summed E-state index contributed by atoms with van der Waals surface area (Å²) in [5.41, 5.74) is 1.56. The Labute approximate surface area is 162 Å². The number of aryl methyl sites for hydroxylation is 1. The zero-order valence-corrected chi connectivity index (χ0v) is 15.1. The van der Waals surface area contributed by atoms with Crippen LogP contribution in [0.4, 0.5) is 15.8 Å². The maximum Gasteiger partial charge on any atom is 0.341 e. The van der Waals surface area contributed by atoms with Gasteiger partial charge in [-0.2, -0.15) is 5.10 Å². The lowest BCUT2D eigenvalue weighted by Crippen LogP contribution is -2.19. The van der Waals surface area contributed by atoms with Crippen LogP contribution >= 0.6 is 0 Å². The standard InChI is InChI=1S/C19H15FN4O5/c1-2-23-10-13(19(26)27)18(25)12-7-14(20)15(8-17(12)23)22-21-9-11-5-3-4-6-16(11)24(28)29/h3-10,22H,2H2,1H3,(H,26,27)/b21-9-. The van der Waals surface area contributed by atoms with Crippen molar-refractivity contribution in [3.05, 3.63) is 79.9 Å². The number of hydrogen-bond donors (Lipinski definition) is 2. The largest absolute Gasteiger partial charge is 0.477 e. The molecule has 0 saturated heterocycles. The average Bonchev–Trinajstić information content (AvgIpc) is 2.69. The number of nitro groups is 1. The van der Waals surface area contributed by atoms with Gasteiger partial charge in [-0.1, -0.05) is 12.1 Å². The average molecular weight is 398 g/mol. The molecule has 2 aromatic carbocycles. The van der Waals surface area contributed by atoms with E-state index in [1.165, 1.54) is 41.2 Å². The normalized spacial score (nSPS) is 11.1. The second-order valence-corrected chi connectivity index (χ2v) is 6.00.